The van der Waals surface area contributed by atoms with Crippen molar-refractivity contribution < 1.29 is 9.47 Å². The van der Waals surface area contributed by atoms with Gasteiger partial charge in [-0.2, -0.15) is 5.10 Å². The summed E-state index contributed by atoms with van der Waals surface area (Å²) in [5, 5.41) is 4.17. The van der Waals surface area contributed by atoms with E-state index in [0.29, 0.717) is 0 Å². The first-order chi connectivity index (χ1) is 6.34. The molecule has 0 aromatic carbocycles. The van der Waals surface area contributed by atoms with E-state index >= 15 is 0 Å². The van der Waals surface area contributed by atoms with Gasteiger partial charge in [0.1, 0.15) is 0 Å². The second-order valence-corrected chi connectivity index (χ2v) is 4.13. The number of aromatic nitrogens is 2. The lowest BCUT2D eigenvalue weighted by molar-refractivity contribution is -0.0495. The lowest BCUT2D eigenvalue weighted by Gasteiger charge is -2.07. The molecule has 0 radical (unpaired) electrons. The van der Waals surface area contributed by atoms with Crippen molar-refractivity contribution >= 4 is 22.6 Å². The van der Waals surface area contributed by atoms with Crippen molar-refractivity contribution in [1.29, 1.82) is 0 Å². The lowest BCUT2D eigenvalue weighted by Crippen LogP contribution is -2.12. The minimum Gasteiger partial charge on any atom is -0.350 e. The molecule has 1 aliphatic heterocycles. The van der Waals surface area contributed by atoms with Gasteiger partial charge in [-0.05, 0) is 22.6 Å². The molecule has 0 N–H and O–H groups in total. The highest BCUT2D eigenvalue weighted by atomic mass is 127. The summed E-state index contributed by atoms with van der Waals surface area (Å²) in [6.45, 7) is 2.30. The SMILES string of the molecule is Ic1cnn(CCC2OCCO2)c1. The molecule has 1 saturated heterocycles. The summed E-state index contributed by atoms with van der Waals surface area (Å²) < 4.78 is 13.7. The number of ether oxygens (including phenoxy) is 2. The first-order valence-corrected chi connectivity index (χ1v) is 5.33. The molecule has 0 amide bonds. The van der Waals surface area contributed by atoms with Crippen molar-refractivity contribution in [1.82, 2.24) is 9.78 Å². The lowest BCUT2D eigenvalue weighted by atomic mass is 10.4. The van der Waals surface area contributed by atoms with E-state index in [9.17, 15) is 0 Å². The normalized spacial score (nSPS) is 18.2. The first-order valence-electron chi connectivity index (χ1n) is 4.26. The molecule has 1 fully saturated rings. The van der Waals surface area contributed by atoms with Gasteiger partial charge in [-0.1, -0.05) is 0 Å². The highest BCUT2D eigenvalue weighted by Gasteiger charge is 2.15. The van der Waals surface area contributed by atoms with Crippen molar-refractivity contribution in [2.45, 2.75) is 19.3 Å². The Hall–Kier alpha value is -0.140. The fraction of sp³-hybridized carbons (Fsp3) is 0.625. The second kappa shape index (κ2) is 4.39. The molecule has 1 aromatic rings. The highest BCUT2D eigenvalue weighted by Crippen LogP contribution is 2.09. The molecule has 1 aromatic heterocycles. The van der Waals surface area contributed by atoms with E-state index in [0.717, 1.165) is 29.7 Å². The topological polar surface area (TPSA) is 36.3 Å². The van der Waals surface area contributed by atoms with Gasteiger partial charge in [0.15, 0.2) is 6.29 Å². The van der Waals surface area contributed by atoms with E-state index in [2.05, 4.69) is 27.7 Å². The zero-order valence-electron chi connectivity index (χ0n) is 7.15. The Labute approximate surface area is 90.3 Å². The number of halogens is 1. The maximum atomic E-state index is 5.32. The predicted octanol–water partition coefficient (Wildman–Crippen LogP) is 1.25. The molecular weight excluding hydrogens is 283 g/mol. The Bertz CT molecular complexity index is 271. The molecule has 5 heteroatoms. The molecule has 0 saturated carbocycles. The van der Waals surface area contributed by atoms with Crippen LogP contribution in [0.15, 0.2) is 12.4 Å². The predicted molar refractivity (Wildman–Crippen MR) is 55.3 cm³/mol. The smallest absolute Gasteiger partial charge is 0.159 e. The fourth-order valence-corrected chi connectivity index (χ4v) is 1.72. The summed E-state index contributed by atoms with van der Waals surface area (Å²) in [6.07, 6.45) is 4.70. The molecule has 4 nitrogen and oxygen atoms in total. The van der Waals surface area contributed by atoms with Crippen LogP contribution in [-0.2, 0) is 16.0 Å². The van der Waals surface area contributed by atoms with E-state index in [1.165, 1.54) is 0 Å². The Morgan fingerprint density at radius 3 is 2.92 bits per heavy atom. The Morgan fingerprint density at radius 2 is 2.31 bits per heavy atom. The molecular formula is C8H11IN2O2. The monoisotopic (exact) mass is 294 g/mol. The van der Waals surface area contributed by atoms with Gasteiger partial charge in [-0.15, -0.1) is 0 Å². The molecule has 0 aliphatic carbocycles. The van der Waals surface area contributed by atoms with Crippen LogP contribution in [0.1, 0.15) is 6.42 Å². The van der Waals surface area contributed by atoms with Gasteiger partial charge in [0.2, 0.25) is 0 Å². The minimum absolute atomic E-state index is 0.0261. The third-order valence-corrected chi connectivity index (χ3v) is 2.44. The van der Waals surface area contributed by atoms with Gasteiger partial charge in [0.25, 0.3) is 0 Å². The summed E-state index contributed by atoms with van der Waals surface area (Å²) >= 11 is 2.24. The molecule has 0 atom stereocenters. The zero-order chi connectivity index (χ0) is 9.10. The van der Waals surface area contributed by atoms with Crippen molar-refractivity contribution in [3.05, 3.63) is 16.0 Å². The van der Waals surface area contributed by atoms with E-state index in [1.807, 2.05) is 17.1 Å². The number of nitrogens with zero attached hydrogens (tertiary/aromatic N) is 2. The Balaban J connectivity index is 1.78. The molecule has 0 spiro atoms. The number of rotatable bonds is 3. The molecule has 1 aliphatic rings. The molecule has 0 unspecified atom stereocenters. The standard InChI is InChI=1S/C8H11IN2O2/c9-7-5-10-11(6-7)2-1-8-12-3-4-13-8/h5-6,8H,1-4H2. The molecule has 13 heavy (non-hydrogen) atoms. The summed E-state index contributed by atoms with van der Waals surface area (Å²) in [4.78, 5) is 0. The van der Waals surface area contributed by atoms with E-state index in [1.54, 1.807) is 0 Å². The number of hydrogen-bond donors (Lipinski definition) is 0. The van der Waals surface area contributed by atoms with Crippen LogP contribution in [0.5, 0.6) is 0 Å². The van der Waals surface area contributed by atoms with E-state index < -0.39 is 0 Å². The third kappa shape index (κ3) is 2.65. The fourth-order valence-electron chi connectivity index (χ4n) is 1.27. The Kier molecular flexibility index (Phi) is 3.18. The summed E-state index contributed by atoms with van der Waals surface area (Å²) in [5.41, 5.74) is 0. The van der Waals surface area contributed by atoms with E-state index in [-0.39, 0.29) is 6.29 Å². The van der Waals surface area contributed by atoms with Crippen LogP contribution in [0.2, 0.25) is 0 Å². The first kappa shape index (κ1) is 9.42. The van der Waals surface area contributed by atoms with Crippen LogP contribution in [0, 0.1) is 3.57 Å². The van der Waals surface area contributed by atoms with Gasteiger partial charge in [0, 0.05) is 19.2 Å². The van der Waals surface area contributed by atoms with Crippen LogP contribution in [0.25, 0.3) is 0 Å². The van der Waals surface area contributed by atoms with Gasteiger partial charge in [-0.25, -0.2) is 0 Å². The molecule has 2 rings (SSSR count). The third-order valence-electron chi connectivity index (χ3n) is 1.89. The van der Waals surface area contributed by atoms with E-state index in [4.69, 9.17) is 9.47 Å². The molecule has 0 bridgehead atoms. The van der Waals surface area contributed by atoms with Crippen molar-refractivity contribution in [3.63, 3.8) is 0 Å². The van der Waals surface area contributed by atoms with Crippen LogP contribution in [0.3, 0.4) is 0 Å². The van der Waals surface area contributed by atoms with Crippen molar-refractivity contribution in [2.24, 2.45) is 0 Å². The summed E-state index contributed by atoms with van der Waals surface area (Å²) in [7, 11) is 0. The maximum Gasteiger partial charge on any atom is 0.159 e. The highest BCUT2D eigenvalue weighted by molar-refractivity contribution is 14.1. The maximum absolute atomic E-state index is 5.32. The second-order valence-electron chi connectivity index (χ2n) is 2.88. The molecule has 2 heterocycles. The van der Waals surface area contributed by atoms with Crippen LogP contribution in [0.4, 0.5) is 0 Å². The van der Waals surface area contributed by atoms with Gasteiger partial charge in [0.05, 0.1) is 23.0 Å². The zero-order valence-corrected chi connectivity index (χ0v) is 9.31. The molecule has 72 valence electrons. The average molecular weight is 294 g/mol. The van der Waals surface area contributed by atoms with Crippen molar-refractivity contribution in [3.8, 4) is 0 Å². The Morgan fingerprint density at radius 1 is 1.54 bits per heavy atom. The quantitative estimate of drug-likeness (QED) is 0.787. The van der Waals surface area contributed by atoms with Crippen molar-refractivity contribution in [2.75, 3.05) is 13.2 Å². The van der Waals surface area contributed by atoms with Crippen LogP contribution < -0.4 is 0 Å². The summed E-state index contributed by atoms with van der Waals surface area (Å²) in [6, 6.07) is 0. The average Bonchev–Trinajstić information content (AvgIpc) is 2.71. The number of hydrogen-bond acceptors (Lipinski definition) is 3. The van der Waals surface area contributed by atoms with Gasteiger partial charge in [-0.3, -0.25) is 4.68 Å². The largest absolute Gasteiger partial charge is 0.350 e. The van der Waals surface area contributed by atoms with Gasteiger partial charge < -0.3 is 9.47 Å². The van der Waals surface area contributed by atoms with Gasteiger partial charge >= 0.3 is 0 Å². The van der Waals surface area contributed by atoms with Crippen LogP contribution in [-0.4, -0.2) is 29.3 Å². The summed E-state index contributed by atoms with van der Waals surface area (Å²) in [5.74, 6) is 0. The number of aryl methyl sites for hydroxylation is 1. The minimum atomic E-state index is -0.0261. The van der Waals surface area contributed by atoms with Crippen LogP contribution >= 0.6 is 22.6 Å².